The van der Waals surface area contributed by atoms with Gasteiger partial charge in [-0.05, 0) is 38.9 Å². The van der Waals surface area contributed by atoms with E-state index in [1.54, 1.807) is 11.1 Å². The van der Waals surface area contributed by atoms with Crippen molar-refractivity contribution >= 4 is 5.91 Å². The smallest absolute Gasteiger partial charge is 0.260 e. The van der Waals surface area contributed by atoms with Crippen LogP contribution in [0.4, 0.5) is 0 Å². The molecule has 5 nitrogen and oxygen atoms in total. The fourth-order valence-corrected chi connectivity index (χ4v) is 1.81. The van der Waals surface area contributed by atoms with Gasteiger partial charge in [0.2, 0.25) is 0 Å². The second-order valence-corrected chi connectivity index (χ2v) is 4.52. The lowest BCUT2D eigenvalue weighted by molar-refractivity contribution is -0.132. The molecule has 1 amide bonds. The van der Waals surface area contributed by atoms with Crippen LogP contribution in [0, 0.1) is 0 Å². The first-order chi connectivity index (χ1) is 9.71. The molecular weight excluding hydrogens is 254 g/mol. The van der Waals surface area contributed by atoms with Gasteiger partial charge >= 0.3 is 0 Å². The van der Waals surface area contributed by atoms with Crippen LogP contribution in [0.5, 0.6) is 5.75 Å². The molecule has 0 spiro atoms. The first kappa shape index (κ1) is 16.4. The molecule has 1 heterocycles. The fourth-order valence-electron chi connectivity index (χ4n) is 1.81. The number of carbonyl (C=O) groups is 1. The van der Waals surface area contributed by atoms with Crippen LogP contribution in [0.1, 0.15) is 32.9 Å². The van der Waals surface area contributed by atoms with Gasteiger partial charge in [0.15, 0.2) is 6.61 Å². The molecule has 0 atom stereocenters. The van der Waals surface area contributed by atoms with Gasteiger partial charge in [-0.3, -0.25) is 9.78 Å². The zero-order chi connectivity index (χ0) is 14.8. The molecule has 1 rings (SSSR count). The second kappa shape index (κ2) is 9.31. The summed E-state index contributed by atoms with van der Waals surface area (Å²) in [5.74, 6) is 0.633. The molecule has 0 radical (unpaired) electrons. The van der Waals surface area contributed by atoms with Crippen molar-refractivity contribution in [3.63, 3.8) is 0 Å². The predicted molar refractivity (Wildman–Crippen MR) is 79.7 cm³/mol. The average molecular weight is 279 g/mol. The Balaban J connectivity index is 2.39. The van der Waals surface area contributed by atoms with Gasteiger partial charge in [-0.2, -0.15) is 0 Å². The Labute approximate surface area is 121 Å². The third-order valence-electron chi connectivity index (χ3n) is 3.01. The van der Waals surface area contributed by atoms with Crippen molar-refractivity contribution in [2.45, 2.75) is 33.7 Å². The molecule has 0 fully saturated rings. The minimum atomic E-state index is 0.00342. The number of nitrogens with one attached hydrogen (secondary N) is 1. The van der Waals surface area contributed by atoms with Crippen LogP contribution in [0.25, 0.3) is 0 Å². The van der Waals surface area contributed by atoms with Crippen molar-refractivity contribution in [3.8, 4) is 5.75 Å². The predicted octanol–water partition coefficient (Wildman–Crippen LogP) is 1.83. The lowest BCUT2D eigenvalue weighted by Gasteiger charge is -2.18. The Morgan fingerprint density at radius 2 is 2.05 bits per heavy atom. The first-order valence-corrected chi connectivity index (χ1v) is 7.27. The van der Waals surface area contributed by atoms with Crippen molar-refractivity contribution < 1.29 is 9.53 Å². The summed E-state index contributed by atoms with van der Waals surface area (Å²) in [6, 6.07) is 3.77. The number of pyridine rings is 1. The highest BCUT2D eigenvalue weighted by Gasteiger charge is 2.10. The van der Waals surface area contributed by atoms with Gasteiger partial charge in [-0.1, -0.05) is 6.92 Å². The zero-order valence-electron chi connectivity index (χ0n) is 12.7. The Hall–Kier alpha value is -1.62. The zero-order valence-corrected chi connectivity index (χ0v) is 12.7. The molecule has 0 aromatic carbocycles. The number of aromatic nitrogens is 1. The first-order valence-electron chi connectivity index (χ1n) is 7.27. The molecule has 0 bridgehead atoms. The SMILES string of the molecule is CCCNCc1ccc(OCC(=O)N(CC)CC)cn1. The van der Waals surface area contributed by atoms with Crippen molar-refractivity contribution in [3.05, 3.63) is 24.0 Å². The summed E-state index contributed by atoms with van der Waals surface area (Å²) < 4.78 is 5.46. The van der Waals surface area contributed by atoms with Crippen LogP contribution in [0.15, 0.2) is 18.3 Å². The summed E-state index contributed by atoms with van der Waals surface area (Å²) in [5, 5.41) is 3.29. The number of nitrogens with zero attached hydrogens (tertiary/aromatic N) is 2. The summed E-state index contributed by atoms with van der Waals surface area (Å²) in [5.41, 5.74) is 0.973. The van der Waals surface area contributed by atoms with E-state index < -0.39 is 0 Å². The Morgan fingerprint density at radius 1 is 1.30 bits per heavy atom. The van der Waals surface area contributed by atoms with Gasteiger partial charge in [0.1, 0.15) is 5.75 Å². The standard InChI is InChI=1S/C15H25N3O2/c1-4-9-16-10-13-7-8-14(11-17-13)20-12-15(19)18(5-2)6-3/h7-8,11,16H,4-6,9-10,12H2,1-3H3. The molecule has 1 aromatic heterocycles. The minimum absolute atomic E-state index is 0.00342. The summed E-state index contributed by atoms with van der Waals surface area (Å²) >= 11 is 0. The summed E-state index contributed by atoms with van der Waals surface area (Å²) in [6.45, 7) is 9.27. The largest absolute Gasteiger partial charge is 0.482 e. The molecule has 0 aliphatic carbocycles. The van der Waals surface area contributed by atoms with Crippen molar-refractivity contribution in [2.75, 3.05) is 26.2 Å². The molecule has 5 heteroatoms. The van der Waals surface area contributed by atoms with E-state index in [0.29, 0.717) is 18.8 Å². The Morgan fingerprint density at radius 3 is 2.60 bits per heavy atom. The summed E-state index contributed by atoms with van der Waals surface area (Å²) in [7, 11) is 0. The maximum atomic E-state index is 11.8. The maximum Gasteiger partial charge on any atom is 0.260 e. The quantitative estimate of drug-likeness (QED) is 0.701. The van der Waals surface area contributed by atoms with E-state index in [1.807, 2.05) is 26.0 Å². The molecule has 1 N–H and O–H groups in total. The Kier molecular flexibility index (Phi) is 7.65. The van der Waals surface area contributed by atoms with E-state index in [0.717, 1.165) is 25.2 Å². The van der Waals surface area contributed by atoms with Crippen LogP contribution in [-0.2, 0) is 11.3 Å². The van der Waals surface area contributed by atoms with Crippen molar-refractivity contribution in [2.24, 2.45) is 0 Å². The van der Waals surface area contributed by atoms with E-state index in [-0.39, 0.29) is 12.5 Å². The molecule has 0 saturated heterocycles. The van der Waals surface area contributed by atoms with Gasteiger partial charge in [0, 0.05) is 19.6 Å². The van der Waals surface area contributed by atoms with Gasteiger partial charge in [-0.15, -0.1) is 0 Å². The number of amides is 1. The topological polar surface area (TPSA) is 54.5 Å². The number of hydrogen-bond donors (Lipinski definition) is 1. The number of likely N-dealkylation sites (N-methyl/N-ethyl adjacent to an activating group) is 1. The van der Waals surface area contributed by atoms with Crippen molar-refractivity contribution in [1.29, 1.82) is 0 Å². The molecule has 0 unspecified atom stereocenters. The second-order valence-electron chi connectivity index (χ2n) is 4.52. The normalized spacial score (nSPS) is 10.3. The lowest BCUT2D eigenvalue weighted by Crippen LogP contribution is -2.34. The number of rotatable bonds is 9. The van der Waals surface area contributed by atoms with E-state index in [1.165, 1.54) is 0 Å². The van der Waals surface area contributed by atoms with E-state index in [9.17, 15) is 4.79 Å². The maximum absolute atomic E-state index is 11.8. The molecule has 0 saturated carbocycles. The van der Waals surface area contributed by atoms with Gasteiger partial charge in [0.05, 0.1) is 11.9 Å². The average Bonchev–Trinajstić information content (AvgIpc) is 2.48. The lowest BCUT2D eigenvalue weighted by atomic mass is 10.3. The monoisotopic (exact) mass is 279 g/mol. The third kappa shape index (κ3) is 5.57. The van der Waals surface area contributed by atoms with Crippen LogP contribution >= 0.6 is 0 Å². The highest BCUT2D eigenvalue weighted by molar-refractivity contribution is 5.77. The minimum Gasteiger partial charge on any atom is -0.482 e. The third-order valence-corrected chi connectivity index (χ3v) is 3.01. The van der Waals surface area contributed by atoms with Gasteiger partial charge < -0.3 is 15.0 Å². The van der Waals surface area contributed by atoms with E-state index in [4.69, 9.17) is 4.74 Å². The highest BCUT2D eigenvalue weighted by Crippen LogP contribution is 2.09. The van der Waals surface area contributed by atoms with Crippen LogP contribution in [-0.4, -0.2) is 42.0 Å². The van der Waals surface area contributed by atoms with E-state index in [2.05, 4.69) is 17.2 Å². The van der Waals surface area contributed by atoms with E-state index >= 15 is 0 Å². The highest BCUT2D eigenvalue weighted by atomic mass is 16.5. The number of hydrogen-bond acceptors (Lipinski definition) is 4. The number of carbonyl (C=O) groups excluding carboxylic acids is 1. The molecular formula is C15H25N3O2. The Bertz CT molecular complexity index is 389. The molecule has 20 heavy (non-hydrogen) atoms. The fraction of sp³-hybridized carbons (Fsp3) is 0.600. The van der Waals surface area contributed by atoms with Gasteiger partial charge in [-0.25, -0.2) is 0 Å². The van der Waals surface area contributed by atoms with Crippen molar-refractivity contribution in [1.82, 2.24) is 15.2 Å². The van der Waals surface area contributed by atoms with Crippen LogP contribution < -0.4 is 10.1 Å². The molecule has 112 valence electrons. The summed E-state index contributed by atoms with van der Waals surface area (Å²) in [6.07, 6.45) is 2.77. The van der Waals surface area contributed by atoms with Crippen LogP contribution in [0.2, 0.25) is 0 Å². The molecule has 0 aliphatic rings. The summed E-state index contributed by atoms with van der Waals surface area (Å²) in [4.78, 5) is 17.8. The molecule has 0 aliphatic heterocycles. The van der Waals surface area contributed by atoms with Crippen LogP contribution in [0.3, 0.4) is 0 Å². The molecule has 1 aromatic rings. The van der Waals surface area contributed by atoms with Gasteiger partial charge in [0.25, 0.3) is 5.91 Å². The number of ether oxygens (including phenoxy) is 1.